The van der Waals surface area contributed by atoms with Crippen LogP contribution in [0.2, 0.25) is 0 Å². The van der Waals surface area contributed by atoms with Crippen LogP contribution in [0.4, 0.5) is 11.4 Å². The molecule has 7 nitrogen and oxygen atoms in total. The van der Waals surface area contributed by atoms with Gasteiger partial charge in [0.25, 0.3) is 21.8 Å². The highest BCUT2D eigenvalue weighted by Gasteiger charge is 2.22. The summed E-state index contributed by atoms with van der Waals surface area (Å²) in [7, 11) is -3.94. The summed E-state index contributed by atoms with van der Waals surface area (Å²) in [6.07, 6.45) is 0. The van der Waals surface area contributed by atoms with Gasteiger partial charge in [-0.05, 0) is 83.0 Å². The molecule has 0 saturated heterocycles. The van der Waals surface area contributed by atoms with E-state index in [-0.39, 0.29) is 16.4 Å². The zero-order valence-corrected chi connectivity index (χ0v) is 21.6. The number of benzene rings is 3. The Bertz CT molecular complexity index is 1390. The maximum absolute atomic E-state index is 13.2. The number of para-hydroxylation sites is 1. The summed E-state index contributed by atoms with van der Waals surface area (Å²) in [5, 5.41) is 5.62. The van der Waals surface area contributed by atoms with Crippen LogP contribution in [0.25, 0.3) is 0 Å². The summed E-state index contributed by atoms with van der Waals surface area (Å²) in [6, 6.07) is 16.6. The van der Waals surface area contributed by atoms with Gasteiger partial charge >= 0.3 is 0 Å². The first kappa shape index (κ1) is 26.0. The standard InChI is InChI=1S/C27H31N3O4S/c1-17-11-14-22(19(3)15-17)30-35(33,34)24-16-20(13-12-18(24)2)25(31)28-23-10-8-7-9-21(23)26(32)29-27(4,5)6/h7-16,30H,1-6H3,(H,28,31)(H,29,32). The van der Waals surface area contributed by atoms with Crippen LogP contribution in [-0.2, 0) is 10.0 Å². The average molecular weight is 494 g/mol. The summed E-state index contributed by atoms with van der Waals surface area (Å²) >= 11 is 0. The molecule has 3 aromatic rings. The summed E-state index contributed by atoms with van der Waals surface area (Å²) < 4.78 is 29.0. The van der Waals surface area contributed by atoms with Crippen molar-refractivity contribution in [2.45, 2.75) is 52.0 Å². The van der Waals surface area contributed by atoms with Crippen LogP contribution in [0.3, 0.4) is 0 Å². The molecule has 8 heteroatoms. The highest BCUT2D eigenvalue weighted by molar-refractivity contribution is 7.92. The van der Waals surface area contributed by atoms with E-state index in [1.807, 2.05) is 46.8 Å². The van der Waals surface area contributed by atoms with Gasteiger partial charge in [0, 0.05) is 11.1 Å². The minimum atomic E-state index is -3.94. The van der Waals surface area contributed by atoms with E-state index in [0.29, 0.717) is 22.5 Å². The first-order valence-corrected chi connectivity index (χ1v) is 12.7. The molecule has 0 bridgehead atoms. The van der Waals surface area contributed by atoms with Gasteiger partial charge in [-0.15, -0.1) is 0 Å². The van der Waals surface area contributed by atoms with Crippen LogP contribution in [0.5, 0.6) is 0 Å². The highest BCUT2D eigenvalue weighted by Crippen LogP contribution is 2.24. The molecule has 184 valence electrons. The van der Waals surface area contributed by atoms with E-state index >= 15 is 0 Å². The molecule has 0 saturated carbocycles. The predicted molar refractivity (Wildman–Crippen MR) is 140 cm³/mol. The molecule has 3 rings (SSSR count). The summed E-state index contributed by atoms with van der Waals surface area (Å²) in [5.74, 6) is -0.845. The second kappa shape index (κ2) is 9.92. The van der Waals surface area contributed by atoms with E-state index in [1.165, 1.54) is 6.07 Å². The topological polar surface area (TPSA) is 104 Å². The molecule has 0 aliphatic rings. The number of hydrogen-bond acceptors (Lipinski definition) is 4. The summed E-state index contributed by atoms with van der Waals surface area (Å²) in [6.45, 7) is 11.0. The Morgan fingerprint density at radius 1 is 0.771 bits per heavy atom. The van der Waals surface area contributed by atoms with Crippen molar-refractivity contribution in [3.05, 3.63) is 88.5 Å². The largest absolute Gasteiger partial charge is 0.347 e. The van der Waals surface area contributed by atoms with E-state index < -0.39 is 21.5 Å². The molecule has 0 heterocycles. The SMILES string of the molecule is Cc1ccc(NS(=O)(=O)c2cc(C(=O)Nc3ccccc3C(=O)NC(C)(C)C)ccc2C)c(C)c1. The first-order chi connectivity index (χ1) is 16.3. The monoisotopic (exact) mass is 493 g/mol. The number of anilines is 2. The second-order valence-corrected chi connectivity index (χ2v) is 11.3. The number of amides is 2. The quantitative estimate of drug-likeness (QED) is 0.439. The first-order valence-electron chi connectivity index (χ1n) is 11.2. The Labute approximate surface area is 207 Å². The lowest BCUT2D eigenvalue weighted by molar-refractivity contribution is 0.0920. The molecule has 0 aromatic heterocycles. The number of carbonyl (C=O) groups is 2. The molecule has 0 atom stereocenters. The zero-order valence-electron chi connectivity index (χ0n) is 20.8. The lowest BCUT2D eigenvalue weighted by Gasteiger charge is -2.21. The number of hydrogen-bond donors (Lipinski definition) is 3. The number of nitrogens with one attached hydrogen (secondary N) is 3. The van der Waals surface area contributed by atoms with Crippen molar-refractivity contribution in [3.63, 3.8) is 0 Å². The number of aryl methyl sites for hydroxylation is 3. The van der Waals surface area contributed by atoms with E-state index in [0.717, 1.165) is 11.1 Å². The van der Waals surface area contributed by atoms with Crippen LogP contribution in [0.1, 0.15) is 58.2 Å². The Morgan fingerprint density at radius 2 is 1.46 bits per heavy atom. The third-order valence-electron chi connectivity index (χ3n) is 5.27. The van der Waals surface area contributed by atoms with Crippen LogP contribution in [0, 0.1) is 20.8 Å². The maximum Gasteiger partial charge on any atom is 0.262 e. The molecular weight excluding hydrogens is 462 g/mol. The smallest absolute Gasteiger partial charge is 0.262 e. The Hall–Kier alpha value is -3.65. The molecule has 0 radical (unpaired) electrons. The minimum absolute atomic E-state index is 0.00360. The lowest BCUT2D eigenvalue weighted by atomic mass is 10.1. The minimum Gasteiger partial charge on any atom is -0.347 e. The van der Waals surface area contributed by atoms with E-state index in [4.69, 9.17) is 0 Å². The van der Waals surface area contributed by atoms with Gasteiger partial charge in [0.2, 0.25) is 0 Å². The van der Waals surface area contributed by atoms with E-state index in [1.54, 1.807) is 49.4 Å². The average Bonchev–Trinajstić information content (AvgIpc) is 2.75. The molecule has 0 aliphatic carbocycles. The number of carbonyl (C=O) groups excluding carboxylic acids is 2. The van der Waals surface area contributed by atoms with Gasteiger partial charge in [-0.2, -0.15) is 0 Å². The highest BCUT2D eigenvalue weighted by atomic mass is 32.2. The molecule has 35 heavy (non-hydrogen) atoms. The van der Waals surface area contributed by atoms with Crippen LogP contribution in [0.15, 0.2) is 65.6 Å². The fourth-order valence-corrected chi connectivity index (χ4v) is 4.95. The van der Waals surface area contributed by atoms with Gasteiger partial charge in [-0.1, -0.05) is 35.9 Å². The molecule has 2 amide bonds. The van der Waals surface area contributed by atoms with Crippen molar-refractivity contribution >= 4 is 33.2 Å². The Balaban J connectivity index is 1.89. The van der Waals surface area contributed by atoms with Crippen molar-refractivity contribution in [2.75, 3.05) is 10.0 Å². The van der Waals surface area contributed by atoms with Crippen molar-refractivity contribution in [1.82, 2.24) is 5.32 Å². The zero-order chi connectivity index (χ0) is 26.0. The predicted octanol–water partition coefficient (Wildman–Crippen LogP) is 5.19. The van der Waals surface area contributed by atoms with Gasteiger partial charge in [-0.3, -0.25) is 14.3 Å². The summed E-state index contributed by atoms with van der Waals surface area (Å²) in [5.41, 5.74) is 3.15. The van der Waals surface area contributed by atoms with E-state index in [9.17, 15) is 18.0 Å². The van der Waals surface area contributed by atoms with Crippen LogP contribution in [-0.4, -0.2) is 25.8 Å². The lowest BCUT2D eigenvalue weighted by Crippen LogP contribution is -2.40. The third kappa shape index (κ3) is 6.48. The van der Waals surface area contributed by atoms with E-state index in [2.05, 4.69) is 15.4 Å². The second-order valence-electron chi connectivity index (χ2n) is 9.61. The van der Waals surface area contributed by atoms with Gasteiger partial charge in [0.05, 0.1) is 21.8 Å². The van der Waals surface area contributed by atoms with Gasteiger partial charge in [-0.25, -0.2) is 8.42 Å². The van der Waals surface area contributed by atoms with Crippen LogP contribution >= 0.6 is 0 Å². The summed E-state index contributed by atoms with van der Waals surface area (Å²) in [4.78, 5) is 25.8. The number of rotatable bonds is 6. The van der Waals surface area contributed by atoms with Crippen molar-refractivity contribution in [1.29, 1.82) is 0 Å². The van der Waals surface area contributed by atoms with Crippen molar-refractivity contribution in [2.24, 2.45) is 0 Å². The molecular formula is C27H31N3O4S. The van der Waals surface area contributed by atoms with Gasteiger partial charge in [0.15, 0.2) is 0 Å². The van der Waals surface area contributed by atoms with Gasteiger partial charge < -0.3 is 10.6 Å². The fourth-order valence-electron chi connectivity index (χ4n) is 3.55. The van der Waals surface area contributed by atoms with Crippen LogP contribution < -0.4 is 15.4 Å². The maximum atomic E-state index is 13.2. The molecule has 3 aromatic carbocycles. The third-order valence-corrected chi connectivity index (χ3v) is 6.78. The molecule has 0 spiro atoms. The number of sulfonamides is 1. The normalized spacial score (nSPS) is 11.6. The molecule has 0 unspecified atom stereocenters. The Kier molecular flexibility index (Phi) is 7.36. The van der Waals surface area contributed by atoms with Crippen molar-refractivity contribution < 1.29 is 18.0 Å². The molecule has 0 fully saturated rings. The van der Waals surface area contributed by atoms with Gasteiger partial charge in [0.1, 0.15) is 0 Å². The molecule has 0 aliphatic heterocycles. The molecule has 3 N–H and O–H groups in total. The Morgan fingerprint density at radius 3 is 2.11 bits per heavy atom. The fraction of sp³-hybridized carbons (Fsp3) is 0.259. The van der Waals surface area contributed by atoms with Crippen molar-refractivity contribution in [3.8, 4) is 0 Å².